The highest BCUT2D eigenvalue weighted by Crippen LogP contribution is 2.33. The standard InChI is InChI=1S/C27H23N7OS/c1-2-3-7-23(35)30-19-10-17(12-28-14-19)18-11-21-25(33-34-26(21)29-13-18)27-31-22-6-4-5-20(24(22)32-27)16-8-9-36-15-16/h4-6,8-15H,2-3,7H2,1H3,(H,30,35)(H,31,32)(H,29,33,34). The van der Waals surface area contributed by atoms with Crippen molar-refractivity contribution in [2.24, 2.45) is 0 Å². The maximum atomic E-state index is 12.2. The number of thiophene rings is 1. The molecule has 3 N–H and O–H groups in total. The molecule has 5 aromatic heterocycles. The number of fused-ring (bicyclic) bond motifs is 2. The molecule has 0 atom stereocenters. The molecule has 1 amide bonds. The molecule has 5 heterocycles. The topological polar surface area (TPSA) is 112 Å². The molecule has 0 radical (unpaired) electrons. The van der Waals surface area contributed by atoms with Gasteiger partial charge in [0.05, 0.1) is 28.3 Å². The number of carbonyl (C=O) groups is 1. The van der Waals surface area contributed by atoms with Gasteiger partial charge in [0, 0.05) is 35.5 Å². The van der Waals surface area contributed by atoms with Crippen molar-refractivity contribution < 1.29 is 4.79 Å². The summed E-state index contributed by atoms with van der Waals surface area (Å²) in [7, 11) is 0. The van der Waals surface area contributed by atoms with Crippen molar-refractivity contribution in [3.63, 3.8) is 0 Å². The summed E-state index contributed by atoms with van der Waals surface area (Å²) in [5, 5.41) is 15.5. The minimum Gasteiger partial charge on any atom is -0.337 e. The molecule has 9 heteroatoms. The molecule has 0 aliphatic heterocycles. The zero-order valence-corrected chi connectivity index (χ0v) is 20.4. The van der Waals surface area contributed by atoms with Crippen LogP contribution in [0.3, 0.4) is 0 Å². The number of aromatic nitrogens is 6. The maximum absolute atomic E-state index is 12.2. The first-order chi connectivity index (χ1) is 17.7. The molecule has 0 aliphatic rings. The summed E-state index contributed by atoms with van der Waals surface area (Å²) in [6, 6.07) is 12.2. The monoisotopic (exact) mass is 493 g/mol. The van der Waals surface area contributed by atoms with E-state index in [1.54, 1.807) is 29.9 Å². The highest BCUT2D eigenvalue weighted by Gasteiger charge is 2.16. The lowest BCUT2D eigenvalue weighted by Gasteiger charge is -2.07. The van der Waals surface area contributed by atoms with Crippen LogP contribution in [0.4, 0.5) is 5.69 Å². The summed E-state index contributed by atoms with van der Waals surface area (Å²) in [5.41, 5.74) is 7.86. The molecule has 36 heavy (non-hydrogen) atoms. The molecule has 8 nitrogen and oxygen atoms in total. The minimum absolute atomic E-state index is 0.00629. The van der Waals surface area contributed by atoms with E-state index < -0.39 is 0 Å². The van der Waals surface area contributed by atoms with Gasteiger partial charge in [0.25, 0.3) is 0 Å². The second-order valence-electron chi connectivity index (χ2n) is 8.61. The molecular weight excluding hydrogens is 470 g/mol. The van der Waals surface area contributed by atoms with Crippen molar-refractivity contribution >= 4 is 45.0 Å². The van der Waals surface area contributed by atoms with Gasteiger partial charge in [0.2, 0.25) is 5.91 Å². The van der Waals surface area contributed by atoms with Gasteiger partial charge in [0.1, 0.15) is 5.69 Å². The van der Waals surface area contributed by atoms with Crippen molar-refractivity contribution in [2.75, 3.05) is 5.32 Å². The van der Waals surface area contributed by atoms with E-state index in [4.69, 9.17) is 4.98 Å². The number of rotatable bonds is 7. The normalized spacial score (nSPS) is 11.4. The third-order valence-corrected chi connectivity index (χ3v) is 6.79. The molecule has 1 aromatic carbocycles. The number of pyridine rings is 2. The highest BCUT2D eigenvalue weighted by atomic mass is 32.1. The number of amides is 1. The molecule has 6 aromatic rings. The number of hydrogen-bond acceptors (Lipinski definition) is 6. The number of para-hydroxylation sites is 1. The fraction of sp³-hybridized carbons (Fsp3) is 0.148. The van der Waals surface area contributed by atoms with E-state index in [9.17, 15) is 4.79 Å². The molecule has 178 valence electrons. The zero-order chi connectivity index (χ0) is 24.5. The van der Waals surface area contributed by atoms with Crippen molar-refractivity contribution in [3.8, 4) is 33.8 Å². The summed E-state index contributed by atoms with van der Waals surface area (Å²) < 4.78 is 0. The van der Waals surface area contributed by atoms with Crippen LogP contribution < -0.4 is 5.32 Å². The molecule has 0 fully saturated rings. The number of anilines is 1. The SMILES string of the molecule is CCCCC(=O)Nc1cncc(-c2cnc3n[nH]c(-c4nc5c(-c6ccsc6)cccc5[nH]4)c3c2)c1. The highest BCUT2D eigenvalue weighted by molar-refractivity contribution is 7.08. The Labute approximate surface area is 210 Å². The quantitative estimate of drug-likeness (QED) is 0.237. The second-order valence-corrected chi connectivity index (χ2v) is 9.39. The second kappa shape index (κ2) is 9.35. The Morgan fingerprint density at radius 1 is 1.08 bits per heavy atom. The molecule has 0 saturated carbocycles. The Morgan fingerprint density at radius 2 is 2.00 bits per heavy atom. The van der Waals surface area contributed by atoms with Gasteiger partial charge in [-0.25, -0.2) is 9.97 Å². The fourth-order valence-corrected chi connectivity index (χ4v) is 4.92. The van der Waals surface area contributed by atoms with E-state index in [1.165, 1.54) is 0 Å². The Bertz CT molecular complexity index is 1680. The predicted molar refractivity (Wildman–Crippen MR) is 144 cm³/mol. The smallest absolute Gasteiger partial charge is 0.224 e. The van der Waals surface area contributed by atoms with Crippen molar-refractivity contribution in [3.05, 3.63) is 65.7 Å². The number of aromatic amines is 2. The van der Waals surface area contributed by atoms with Crippen LogP contribution in [0.5, 0.6) is 0 Å². The maximum Gasteiger partial charge on any atom is 0.224 e. The number of unbranched alkanes of at least 4 members (excludes halogenated alkanes) is 1. The van der Waals surface area contributed by atoms with Crippen LogP contribution in [-0.2, 0) is 4.79 Å². The third-order valence-electron chi connectivity index (χ3n) is 6.10. The van der Waals surface area contributed by atoms with E-state index >= 15 is 0 Å². The van der Waals surface area contributed by atoms with Gasteiger partial charge in [-0.15, -0.1) is 0 Å². The minimum atomic E-state index is -0.00629. The van der Waals surface area contributed by atoms with Gasteiger partial charge in [-0.1, -0.05) is 25.5 Å². The third kappa shape index (κ3) is 4.14. The largest absolute Gasteiger partial charge is 0.337 e. The first-order valence-corrected chi connectivity index (χ1v) is 12.7. The molecule has 0 bridgehead atoms. The number of hydrogen-bond donors (Lipinski definition) is 3. The lowest BCUT2D eigenvalue weighted by Crippen LogP contribution is -2.11. The van der Waals surface area contributed by atoms with Crippen LogP contribution in [0.2, 0.25) is 0 Å². The van der Waals surface area contributed by atoms with Crippen LogP contribution in [-0.4, -0.2) is 36.0 Å². The van der Waals surface area contributed by atoms with Gasteiger partial charge >= 0.3 is 0 Å². The molecular formula is C27H23N7OS. The summed E-state index contributed by atoms with van der Waals surface area (Å²) in [6.07, 6.45) is 7.52. The predicted octanol–water partition coefficient (Wildman–Crippen LogP) is 6.42. The number of imidazole rings is 1. The average molecular weight is 494 g/mol. The first kappa shape index (κ1) is 22.1. The van der Waals surface area contributed by atoms with Gasteiger partial charge in [-0.3, -0.25) is 14.9 Å². The van der Waals surface area contributed by atoms with Gasteiger partial charge in [0.15, 0.2) is 11.5 Å². The van der Waals surface area contributed by atoms with E-state index in [0.717, 1.165) is 57.2 Å². The Kier molecular flexibility index (Phi) is 5.74. The number of nitrogens with zero attached hydrogens (tertiary/aromatic N) is 4. The van der Waals surface area contributed by atoms with Gasteiger partial charge in [-0.05, 0) is 47.0 Å². The van der Waals surface area contributed by atoms with E-state index in [-0.39, 0.29) is 5.91 Å². The van der Waals surface area contributed by atoms with E-state index in [0.29, 0.717) is 23.6 Å². The van der Waals surface area contributed by atoms with Gasteiger partial charge in [-0.2, -0.15) is 16.4 Å². The molecule has 0 aliphatic carbocycles. The molecule has 0 saturated heterocycles. The van der Waals surface area contributed by atoms with Crippen LogP contribution in [0, 0.1) is 0 Å². The van der Waals surface area contributed by atoms with Crippen molar-refractivity contribution in [1.82, 2.24) is 30.1 Å². The summed E-state index contributed by atoms with van der Waals surface area (Å²) in [6.45, 7) is 2.07. The van der Waals surface area contributed by atoms with Crippen molar-refractivity contribution in [1.29, 1.82) is 0 Å². The number of nitrogens with one attached hydrogen (secondary N) is 3. The lowest BCUT2D eigenvalue weighted by molar-refractivity contribution is -0.116. The summed E-state index contributed by atoms with van der Waals surface area (Å²) in [4.78, 5) is 29.4. The van der Waals surface area contributed by atoms with E-state index in [2.05, 4.69) is 60.3 Å². The van der Waals surface area contributed by atoms with Crippen LogP contribution in [0.1, 0.15) is 26.2 Å². The summed E-state index contributed by atoms with van der Waals surface area (Å²) >= 11 is 1.67. The number of carbonyl (C=O) groups excluding carboxylic acids is 1. The number of benzene rings is 1. The molecule has 0 spiro atoms. The number of H-pyrrole nitrogens is 2. The molecule has 0 unspecified atom stereocenters. The van der Waals surface area contributed by atoms with Crippen LogP contribution >= 0.6 is 11.3 Å². The van der Waals surface area contributed by atoms with E-state index in [1.807, 2.05) is 24.3 Å². The Hall–Kier alpha value is -4.37. The molecule has 6 rings (SSSR count). The average Bonchev–Trinajstić information content (AvgIpc) is 3.66. The van der Waals surface area contributed by atoms with Crippen molar-refractivity contribution in [2.45, 2.75) is 26.2 Å². The Balaban J connectivity index is 1.37. The van der Waals surface area contributed by atoms with Gasteiger partial charge < -0.3 is 10.3 Å². The zero-order valence-electron chi connectivity index (χ0n) is 19.6. The van der Waals surface area contributed by atoms with Crippen LogP contribution in [0.15, 0.2) is 65.7 Å². The first-order valence-electron chi connectivity index (χ1n) is 11.8. The Morgan fingerprint density at radius 3 is 2.86 bits per heavy atom. The fourth-order valence-electron chi connectivity index (χ4n) is 4.27. The van der Waals surface area contributed by atoms with Crippen LogP contribution in [0.25, 0.3) is 55.8 Å². The lowest BCUT2D eigenvalue weighted by atomic mass is 10.1. The summed E-state index contributed by atoms with van der Waals surface area (Å²) in [5.74, 6) is 0.692.